The van der Waals surface area contributed by atoms with E-state index in [1.54, 1.807) is 25.1 Å². The normalized spacial score (nSPS) is 12.3. The summed E-state index contributed by atoms with van der Waals surface area (Å²) in [6, 6.07) is 5.21. The first kappa shape index (κ1) is 16.8. The van der Waals surface area contributed by atoms with Gasteiger partial charge in [0.2, 0.25) is 0 Å². The van der Waals surface area contributed by atoms with Crippen molar-refractivity contribution in [3.8, 4) is 5.75 Å². The van der Waals surface area contributed by atoms with Crippen molar-refractivity contribution < 1.29 is 14.6 Å². The molecule has 1 aromatic carbocycles. The van der Waals surface area contributed by atoms with Crippen molar-refractivity contribution in [2.45, 2.75) is 45.8 Å². The van der Waals surface area contributed by atoms with Gasteiger partial charge in [0, 0.05) is 6.04 Å². The van der Waals surface area contributed by atoms with Gasteiger partial charge in [0.1, 0.15) is 5.75 Å². The maximum Gasteiger partial charge on any atom is 0.258 e. The maximum absolute atomic E-state index is 11.7. The minimum atomic E-state index is -0.584. The van der Waals surface area contributed by atoms with Gasteiger partial charge in [-0.3, -0.25) is 4.79 Å². The maximum atomic E-state index is 11.7. The second kappa shape index (κ2) is 8.12. The molecule has 0 fully saturated rings. The first-order chi connectivity index (χ1) is 9.47. The van der Waals surface area contributed by atoms with Gasteiger partial charge < -0.3 is 15.2 Å². The summed E-state index contributed by atoms with van der Waals surface area (Å²) in [6.07, 6.45) is 1.21. The third-order valence-electron chi connectivity index (χ3n) is 3.15. The van der Waals surface area contributed by atoms with Crippen molar-refractivity contribution in [1.29, 1.82) is 0 Å². The second-order valence-electron chi connectivity index (χ2n) is 4.74. The van der Waals surface area contributed by atoms with Gasteiger partial charge in [-0.2, -0.15) is 0 Å². The van der Waals surface area contributed by atoms with Crippen LogP contribution in [0.3, 0.4) is 0 Å². The van der Waals surface area contributed by atoms with E-state index < -0.39 is 6.10 Å². The van der Waals surface area contributed by atoms with Gasteiger partial charge in [0.25, 0.3) is 5.91 Å². The number of amides is 1. The monoisotopic (exact) mass is 299 g/mol. The Balaban J connectivity index is 2.55. The van der Waals surface area contributed by atoms with Crippen LogP contribution in [0.1, 0.15) is 45.3 Å². The summed E-state index contributed by atoms with van der Waals surface area (Å²) in [5.74, 6) is 0.283. The zero-order valence-corrected chi connectivity index (χ0v) is 12.9. The van der Waals surface area contributed by atoms with Crippen molar-refractivity contribution in [3.63, 3.8) is 0 Å². The fraction of sp³-hybridized carbons (Fsp3) is 0.533. The minimum absolute atomic E-state index is 0.0652. The molecular weight excluding hydrogens is 278 g/mol. The van der Waals surface area contributed by atoms with Crippen LogP contribution >= 0.6 is 11.6 Å². The summed E-state index contributed by atoms with van der Waals surface area (Å²) in [4.78, 5) is 11.7. The van der Waals surface area contributed by atoms with Crippen LogP contribution in [0.25, 0.3) is 0 Å². The molecule has 1 aromatic rings. The predicted octanol–water partition coefficient (Wildman–Crippen LogP) is 3.08. The molecule has 0 aliphatic carbocycles. The smallest absolute Gasteiger partial charge is 0.258 e. The lowest BCUT2D eigenvalue weighted by Gasteiger charge is -2.15. The summed E-state index contributed by atoms with van der Waals surface area (Å²) in [7, 11) is 0. The second-order valence-corrected chi connectivity index (χ2v) is 5.14. The molecule has 0 radical (unpaired) electrons. The standard InChI is InChI=1S/C15H22ClNO3/c1-4-12(5-2)17-15(19)9-20-14-7-6-11(10(3)18)8-13(14)16/h6-8,10,12,18H,4-5,9H2,1-3H3,(H,17,19)/t10-/m0/s1. The highest BCUT2D eigenvalue weighted by Crippen LogP contribution is 2.27. The molecule has 2 N–H and O–H groups in total. The van der Waals surface area contributed by atoms with Gasteiger partial charge >= 0.3 is 0 Å². The summed E-state index contributed by atoms with van der Waals surface area (Å²) < 4.78 is 5.40. The van der Waals surface area contributed by atoms with Crippen molar-refractivity contribution >= 4 is 17.5 Å². The largest absolute Gasteiger partial charge is 0.482 e. The summed E-state index contributed by atoms with van der Waals surface area (Å²) in [5, 5.41) is 12.7. The summed E-state index contributed by atoms with van der Waals surface area (Å²) >= 11 is 6.05. The summed E-state index contributed by atoms with van der Waals surface area (Å²) in [5.41, 5.74) is 0.712. The molecular formula is C15H22ClNO3. The number of benzene rings is 1. The van der Waals surface area contributed by atoms with E-state index in [2.05, 4.69) is 5.32 Å². The van der Waals surface area contributed by atoms with Crippen LogP contribution in [0.2, 0.25) is 5.02 Å². The van der Waals surface area contributed by atoms with Gasteiger partial charge in [0.05, 0.1) is 11.1 Å². The average Bonchev–Trinajstić information content (AvgIpc) is 2.43. The predicted molar refractivity (Wildman–Crippen MR) is 80.1 cm³/mol. The molecule has 4 nitrogen and oxygen atoms in total. The van der Waals surface area contributed by atoms with Crippen LogP contribution in [-0.4, -0.2) is 23.7 Å². The lowest BCUT2D eigenvalue weighted by Crippen LogP contribution is -2.37. The Morgan fingerprint density at radius 2 is 2.05 bits per heavy atom. The molecule has 1 rings (SSSR count). The van der Waals surface area contributed by atoms with E-state index in [-0.39, 0.29) is 18.6 Å². The van der Waals surface area contributed by atoms with E-state index in [0.717, 1.165) is 12.8 Å². The topological polar surface area (TPSA) is 58.6 Å². The van der Waals surface area contributed by atoms with Crippen molar-refractivity contribution in [1.82, 2.24) is 5.32 Å². The van der Waals surface area contributed by atoms with E-state index in [1.807, 2.05) is 13.8 Å². The summed E-state index contributed by atoms with van der Waals surface area (Å²) in [6.45, 7) is 5.65. The van der Waals surface area contributed by atoms with E-state index in [9.17, 15) is 9.90 Å². The first-order valence-electron chi connectivity index (χ1n) is 6.87. The van der Waals surface area contributed by atoms with Crippen molar-refractivity contribution in [2.75, 3.05) is 6.61 Å². The van der Waals surface area contributed by atoms with Crippen molar-refractivity contribution in [2.24, 2.45) is 0 Å². The molecule has 0 aliphatic rings. The van der Waals surface area contributed by atoms with E-state index in [4.69, 9.17) is 16.3 Å². The Labute approximate surface area is 125 Å². The Hall–Kier alpha value is -1.26. The third kappa shape index (κ3) is 5.02. The molecule has 20 heavy (non-hydrogen) atoms. The number of aliphatic hydroxyl groups excluding tert-OH is 1. The average molecular weight is 300 g/mol. The number of ether oxygens (including phenoxy) is 1. The van der Waals surface area contributed by atoms with Crippen LogP contribution in [0.4, 0.5) is 0 Å². The quantitative estimate of drug-likeness (QED) is 0.813. The fourth-order valence-corrected chi connectivity index (χ4v) is 2.04. The molecule has 1 atom stereocenters. The van der Waals surface area contributed by atoms with Crippen LogP contribution in [0.5, 0.6) is 5.75 Å². The zero-order chi connectivity index (χ0) is 15.1. The first-order valence-corrected chi connectivity index (χ1v) is 7.25. The van der Waals surface area contributed by atoms with Gasteiger partial charge in [-0.05, 0) is 37.5 Å². The molecule has 0 bridgehead atoms. The number of aliphatic hydroxyl groups is 1. The zero-order valence-electron chi connectivity index (χ0n) is 12.1. The van der Waals surface area contributed by atoms with Gasteiger partial charge in [-0.15, -0.1) is 0 Å². The Morgan fingerprint density at radius 3 is 2.55 bits per heavy atom. The number of hydrogen-bond donors (Lipinski definition) is 2. The van der Waals surface area contributed by atoms with Crippen LogP contribution in [-0.2, 0) is 4.79 Å². The molecule has 0 heterocycles. The van der Waals surface area contributed by atoms with E-state index in [1.165, 1.54) is 0 Å². The SMILES string of the molecule is CCC(CC)NC(=O)COc1ccc([C@H](C)O)cc1Cl. The molecule has 5 heteroatoms. The molecule has 0 unspecified atom stereocenters. The van der Waals surface area contributed by atoms with Gasteiger partial charge in [-0.25, -0.2) is 0 Å². The van der Waals surface area contributed by atoms with E-state index in [0.29, 0.717) is 16.3 Å². The molecule has 1 amide bonds. The Morgan fingerprint density at radius 1 is 1.40 bits per heavy atom. The van der Waals surface area contributed by atoms with E-state index >= 15 is 0 Å². The Kier molecular flexibility index (Phi) is 6.82. The minimum Gasteiger partial charge on any atom is -0.482 e. The number of carbonyl (C=O) groups is 1. The molecule has 0 saturated carbocycles. The lowest BCUT2D eigenvalue weighted by atomic mass is 10.1. The molecule has 0 saturated heterocycles. The Bertz CT molecular complexity index is 445. The van der Waals surface area contributed by atoms with Crippen LogP contribution in [0, 0.1) is 0 Å². The fourth-order valence-electron chi connectivity index (χ4n) is 1.80. The number of carbonyl (C=O) groups excluding carboxylic acids is 1. The van der Waals surface area contributed by atoms with Crippen molar-refractivity contribution in [3.05, 3.63) is 28.8 Å². The van der Waals surface area contributed by atoms with Crippen LogP contribution in [0.15, 0.2) is 18.2 Å². The van der Waals surface area contributed by atoms with Crippen LogP contribution < -0.4 is 10.1 Å². The number of hydrogen-bond acceptors (Lipinski definition) is 3. The highest BCUT2D eigenvalue weighted by atomic mass is 35.5. The number of nitrogens with one attached hydrogen (secondary N) is 1. The number of rotatable bonds is 7. The number of halogens is 1. The highest BCUT2D eigenvalue weighted by molar-refractivity contribution is 6.32. The molecule has 0 spiro atoms. The highest BCUT2D eigenvalue weighted by Gasteiger charge is 2.11. The third-order valence-corrected chi connectivity index (χ3v) is 3.44. The van der Waals surface area contributed by atoms with Gasteiger partial charge in [0.15, 0.2) is 6.61 Å². The molecule has 112 valence electrons. The lowest BCUT2D eigenvalue weighted by molar-refractivity contribution is -0.123. The molecule has 0 aliphatic heterocycles. The molecule has 0 aromatic heterocycles. The van der Waals surface area contributed by atoms with Gasteiger partial charge in [-0.1, -0.05) is 31.5 Å².